The molecule has 2 rings (SSSR count). The molecule has 22 heavy (non-hydrogen) atoms. The van der Waals surface area contributed by atoms with Crippen LogP contribution >= 0.6 is 0 Å². The van der Waals surface area contributed by atoms with Gasteiger partial charge in [0.2, 0.25) is 0 Å². The summed E-state index contributed by atoms with van der Waals surface area (Å²) in [6, 6.07) is 11.9. The molecule has 0 aromatic heterocycles. The Morgan fingerprint density at radius 2 is 1.64 bits per heavy atom. The number of hydrogen-bond acceptors (Lipinski definition) is 5. The largest absolute Gasteiger partial charge is 0.490 e. The minimum atomic E-state index is -1.03. The van der Waals surface area contributed by atoms with Crippen molar-refractivity contribution in [3.8, 4) is 11.5 Å². The fraction of sp³-hybridized carbons (Fsp3) is 0.133. The Labute approximate surface area is 125 Å². The first-order valence-electron chi connectivity index (χ1n) is 6.39. The molecule has 0 aliphatic rings. The highest BCUT2D eigenvalue weighted by molar-refractivity contribution is 5.87. The van der Waals surface area contributed by atoms with Gasteiger partial charge in [0, 0.05) is 6.07 Å². The van der Waals surface area contributed by atoms with Crippen molar-refractivity contribution < 1.29 is 24.3 Å². The molecule has 0 unspecified atom stereocenters. The Morgan fingerprint density at radius 3 is 2.23 bits per heavy atom. The van der Waals surface area contributed by atoms with Gasteiger partial charge in [-0.25, -0.2) is 4.79 Å². The monoisotopic (exact) mass is 303 g/mol. The fourth-order valence-electron chi connectivity index (χ4n) is 1.72. The van der Waals surface area contributed by atoms with E-state index in [1.807, 2.05) is 0 Å². The normalized spacial score (nSPS) is 10.0. The van der Waals surface area contributed by atoms with Crippen molar-refractivity contribution in [3.63, 3.8) is 0 Å². The molecule has 0 radical (unpaired) electrons. The number of non-ortho nitro benzene ring substituents is 1. The van der Waals surface area contributed by atoms with Gasteiger partial charge in [0.25, 0.3) is 5.69 Å². The van der Waals surface area contributed by atoms with Gasteiger partial charge < -0.3 is 14.6 Å². The van der Waals surface area contributed by atoms with Crippen LogP contribution in [0.4, 0.5) is 5.69 Å². The number of nitro benzene ring substituents is 1. The van der Waals surface area contributed by atoms with Crippen molar-refractivity contribution in [2.45, 2.75) is 0 Å². The Hall–Kier alpha value is -3.09. The highest BCUT2D eigenvalue weighted by Gasteiger charge is 2.06. The highest BCUT2D eigenvalue weighted by Crippen LogP contribution is 2.19. The average molecular weight is 303 g/mol. The molecule has 0 heterocycles. The first-order chi connectivity index (χ1) is 10.6. The van der Waals surface area contributed by atoms with Crippen LogP contribution in [0.3, 0.4) is 0 Å². The van der Waals surface area contributed by atoms with Crippen LogP contribution in [0.5, 0.6) is 11.5 Å². The van der Waals surface area contributed by atoms with Crippen LogP contribution in [0.1, 0.15) is 10.4 Å². The van der Waals surface area contributed by atoms with Gasteiger partial charge >= 0.3 is 5.97 Å². The van der Waals surface area contributed by atoms with Crippen molar-refractivity contribution in [1.82, 2.24) is 0 Å². The molecule has 0 saturated carbocycles. The van der Waals surface area contributed by atoms with Gasteiger partial charge in [-0.15, -0.1) is 0 Å². The van der Waals surface area contributed by atoms with Crippen molar-refractivity contribution >= 4 is 11.7 Å². The first kappa shape index (κ1) is 15.3. The SMILES string of the molecule is O=C(O)c1cccc(OCCOc2cccc([N+](=O)[O-])c2)c1. The molecule has 7 heteroatoms. The molecule has 0 aliphatic heterocycles. The van der Waals surface area contributed by atoms with E-state index in [1.165, 1.54) is 30.3 Å². The molecule has 0 saturated heterocycles. The molecule has 1 N–H and O–H groups in total. The number of carboxylic acids is 1. The predicted octanol–water partition coefficient (Wildman–Crippen LogP) is 2.75. The van der Waals surface area contributed by atoms with Crippen LogP contribution in [0.15, 0.2) is 48.5 Å². The van der Waals surface area contributed by atoms with Crippen LogP contribution in [0.25, 0.3) is 0 Å². The number of rotatable bonds is 7. The van der Waals surface area contributed by atoms with E-state index >= 15 is 0 Å². The quantitative estimate of drug-likeness (QED) is 0.479. The third-order valence-electron chi connectivity index (χ3n) is 2.73. The van der Waals surface area contributed by atoms with Gasteiger partial charge in [-0.3, -0.25) is 10.1 Å². The molecule has 0 atom stereocenters. The molecule has 7 nitrogen and oxygen atoms in total. The van der Waals surface area contributed by atoms with E-state index in [9.17, 15) is 14.9 Å². The van der Waals surface area contributed by atoms with Gasteiger partial charge in [0.1, 0.15) is 24.7 Å². The van der Waals surface area contributed by atoms with Gasteiger partial charge in [-0.2, -0.15) is 0 Å². The Morgan fingerprint density at radius 1 is 1.05 bits per heavy atom. The Bertz CT molecular complexity index is 626. The molecule has 114 valence electrons. The lowest BCUT2D eigenvalue weighted by atomic mass is 10.2. The summed E-state index contributed by atoms with van der Waals surface area (Å²) in [5.41, 5.74) is 0.0877. The summed E-state index contributed by atoms with van der Waals surface area (Å²) in [4.78, 5) is 21.0. The van der Waals surface area contributed by atoms with E-state index in [1.54, 1.807) is 18.2 Å². The first-order valence-corrected chi connectivity index (χ1v) is 6.39. The third-order valence-corrected chi connectivity index (χ3v) is 2.73. The number of nitrogens with zero attached hydrogens (tertiary/aromatic N) is 1. The van der Waals surface area contributed by atoms with E-state index in [0.717, 1.165) is 0 Å². The zero-order valence-corrected chi connectivity index (χ0v) is 11.5. The van der Waals surface area contributed by atoms with Crippen LogP contribution in [-0.4, -0.2) is 29.2 Å². The molecule has 0 spiro atoms. The van der Waals surface area contributed by atoms with Gasteiger partial charge in [0.05, 0.1) is 16.6 Å². The van der Waals surface area contributed by atoms with Crippen LogP contribution in [0, 0.1) is 10.1 Å². The highest BCUT2D eigenvalue weighted by atomic mass is 16.6. The summed E-state index contributed by atoms with van der Waals surface area (Å²) in [5.74, 6) is -0.238. The number of aromatic carboxylic acids is 1. The molecule has 0 fully saturated rings. The number of nitro groups is 1. The minimum absolute atomic E-state index is 0.0485. The molecule has 0 amide bonds. The van der Waals surface area contributed by atoms with Gasteiger partial charge in [0.15, 0.2) is 0 Å². The Kier molecular flexibility index (Phi) is 4.92. The molecular formula is C15H13NO6. The summed E-state index contributed by atoms with van der Waals surface area (Å²) in [6.45, 7) is 0.365. The van der Waals surface area contributed by atoms with Crippen molar-refractivity contribution in [3.05, 3.63) is 64.2 Å². The smallest absolute Gasteiger partial charge is 0.335 e. The zero-order chi connectivity index (χ0) is 15.9. The summed E-state index contributed by atoms with van der Waals surface area (Å²) in [6.07, 6.45) is 0. The van der Waals surface area contributed by atoms with Crippen LogP contribution in [-0.2, 0) is 0 Å². The summed E-state index contributed by atoms with van der Waals surface area (Å²) in [7, 11) is 0. The lowest BCUT2D eigenvalue weighted by Crippen LogP contribution is -2.09. The maximum absolute atomic E-state index is 10.8. The van der Waals surface area contributed by atoms with Crippen molar-refractivity contribution in [2.75, 3.05) is 13.2 Å². The number of hydrogen-bond donors (Lipinski definition) is 1. The predicted molar refractivity (Wildman–Crippen MR) is 77.5 cm³/mol. The van der Waals surface area contributed by atoms with E-state index in [4.69, 9.17) is 14.6 Å². The summed E-state index contributed by atoms with van der Waals surface area (Å²) < 4.78 is 10.7. The molecule has 2 aromatic carbocycles. The van der Waals surface area contributed by atoms with Gasteiger partial charge in [-0.1, -0.05) is 12.1 Å². The third kappa shape index (κ3) is 4.20. The Balaban J connectivity index is 1.84. The van der Waals surface area contributed by atoms with Crippen LogP contribution in [0.2, 0.25) is 0 Å². The van der Waals surface area contributed by atoms with E-state index in [0.29, 0.717) is 11.5 Å². The second kappa shape index (κ2) is 7.07. The minimum Gasteiger partial charge on any atom is -0.490 e. The van der Waals surface area contributed by atoms with E-state index in [-0.39, 0.29) is 24.5 Å². The maximum Gasteiger partial charge on any atom is 0.335 e. The molecule has 0 aliphatic carbocycles. The summed E-state index contributed by atoms with van der Waals surface area (Å²) in [5, 5.41) is 19.5. The summed E-state index contributed by atoms with van der Waals surface area (Å²) >= 11 is 0. The second-order valence-corrected chi connectivity index (χ2v) is 4.28. The fourth-order valence-corrected chi connectivity index (χ4v) is 1.72. The molecular weight excluding hydrogens is 290 g/mol. The number of benzene rings is 2. The zero-order valence-electron chi connectivity index (χ0n) is 11.5. The molecule has 2 aromatic rings. The molecule has 0 bridgehead atoms. The topological polar surface area (TPSA) is 98.9 Å². The number of ether oxygens (including phenoxy) is 2. The standard InChI is InChI=1S/C15H13NO6/c17-15(18)11-3-1-5-13(9-11)21-7-8-22-14-6-2-4-12(10-14)16(19)20/h1-6,9-10H,7-8H2,(H,17,18). The lowest BCUT2D eigenvalue weighted by Gasteiger charge is -2.08. The number of carbonyl (C=O) groups is 1. The van der Waals surface area contributed by atoms with E-state index in [2.05, 4.69) is 0 Å². The van der Waals surface area contributed by atoms with Crippen molar-refractivity contribution in [2.24, 2.45) is 0 Å². The number of carboxylic acid groups (broad SMARTS) is 1. The second-order valence-electron chi connectivity index (χ2n) is 4.28. The lowest BCUT2D eigenvalue weighted by molar-refractivity contribution is -0.384. The van der Waals surface area contributed by atoms with Gasteiger partial charge in [-0.05, 0) is 24.3 Å². The maximum atomic E-state index is 10.8. The van der Waals surface area contributed by atoms with Crippen molar-refractivity contribution in [1.29, 1.82) is 0 Å². The average Bonchev–Trinajstić information content (AvgIpc) is 2.52. The van der Waals surface area contributed by atoms with Crippen LogP contribution < -0.4 is 9.47 Å². The van der Waals surface area contributed by atoms with E-state index < -0.39 is 10.9 Å².